The third-order valence-corrected chi connectivity index (χ3v) is 6.65. The van der Waals surface area contributed by atoms with E-state index in [0.29, 0.717) is 37.7 Å². The topological polar surface area (TPSA) is 79.7 Å². The first-order valence-corrected chi connectivity index (χ1v) is 11.6. The third kappa shape index (κ3) is 4.03. The van der Waals surface area contributed by atoms with Crippen LogP contribution in [-0.2, 0) is 5.75 Å². The molecule has 1 aliphatic heterocycles. The fourth-order valence-corrected chi connectivity index (χ4v) is 4.88. The lowest BCUT2D eigenvalue weighted by Gasteiger charge is -2.19. The van der Waals surface area contributed by atoms with Crippen LogP contribution in [0.3, 0.4) is 0 Å². The molecule has 2 aromatic heterocycles. The van der Waals surface area contributed by atoms with E-state index in [0.717, 1.165) is 37.6 Å². The molecule has 0 aliphatic carbocycles. The second-order valence-corrected chi connectivity index (χ2v) is 9.01. The second kappa shape index (κ2) is 8.53. The van der Waals surface area contributed by atoms with Gasteiger partial charge in [0.05, 0.1) is 27.4 Å². The predicted octanol–water partition coefficient (Wildman–Crippen LogP) is 4.70. The standard InChI is InChI=1S/C21H18Cl2N6OS/c22-13-7-8-14-16(11-13)24-18(25-19(14)30)12-31-21-27-26-20(28-9-3-4-10-28)29(21)17-6-2-1-5-15(17)23/h1-2,5-8,11H,3-4,9-10,12H2,(H,24,25,30). The second-order valence-electron chi connectivity index (χ2n) is 7.23. The van der Waals surface area contributed by atoms with Gasteiger partial charge in [-0.1, -0.05) is 47.1 Å². The van der Waals surface area contributed by atoms with E-state index >= 15 is 0 Å². The van der Waals surface area contributed by atoms with E-state index in [4.69, 9.17) is 23.2 Å². The smallest absolute Gasteiger partial charge is 0.258 e. The number of aromatic amines is 1. The SMILES string of the molecule is O=c1[nH]c(CSc2nnc(N3CCCC3)n2-c2ccccc2Cl)nc2cc(Cl)ccc12. The van der Waals surface area contributed by atoms with Crippen molar-refractivity contribution in [3.05, 3.63) is 68.7 Å². The van der Waals surface area contributed by atoms with Crippen LogP contribution >= 0.6 is 35.0 Å². The quantitative estimate of drug-likeness (QED) is 0.423. The summed E-state index contributed by atoms with van der Waals surface area (Å²) < 4.78 is 1.98. The minimum Gasteiger partial charge on any atom is -0.341 e. The average molecular weight is 473 g/mol. The van der Waals surface area contributed by atoms with E-state index in [1.807, 2.05) is 28.8 Å². The average Bonchev–Trinajstić information content (AvgIpc) is 3.42. The number of thioether (sulfide) groups is 1. The maximum Gasteiger partial charge on any atom is 0.258 e. The first-order valence-electron chi connectivity index (χ1n) is 9.87. The predicted molar refractivity (Wildman–Crippen MR) is 125 cm³/mol. The number of hydrogen-bond acceptors (Lipinski definition) is 6. The van der Waals surface area contributed by atoms with Crippen molar-refractivity contribution in [2.45, 2.75) is 23.8 Å². The molecule has 5 rings (SSSR count). The van der Waals surface area contributed by atoms with Gasteiger partial charge >= 0.3 is 0 Å². The van der Waals surface area contributed by atoms with Crippen LogP contribution < -0.4 is 10.5 Å². The number of para-hydroxylation sites is 1. The maximum absolute atomic E-state index is 12.4. The molecule has 7 nitrogen and oxygen atoms in total. The van der Waals surface area contributed by atoms with Crippen molar-refractivity contribution in [1.29, 1.82) is 0 Å². The molecule has 2 aromatic carbocycles. The van der Waals surface area contributed by atoms with Gasteiger partial charge in [0.1, 0.15) is 5.82 Å². The van der Waals surface area contributed by atoms with Crippen molar-refractivity contribution in [3.8, 4) is 5.69 Å². The molecule has 1 fully saturated rings. The van der Waals surface area contributed by atoms with Gasteiger partial charge in [-0.2, -0.15) is 0 Å². The van der Waals surface area contributed by atoms with Crippen LogP contribution in [0.2, 0.25) is 10.0 Å². The molecular formula is C21H18Cl2N6OS. The Balaban J connectivity index is 1.50. The molecule has 158 valence electrons. The van der Waals surface area contributed by atoms with Crippen molar-refractivity contribution in [1.82, 2.24) is 24.7 Å². The molecule has 31 heavy (non-hydrogen) atoms. The summed E-state index contributed by atoms with van der Waals surface area (Å²) >= 11 is 14.0. The molecule has 0 unspecified atom stereocenters. The van der Waals surface area contributed by atoms with E-state index in [1.165, 1.54) is 11.8 Å². The lowest BCUT2D eigenvalue weighted by molar-refractivity contribution is 0.840. The maximum atomic E-state index is 12.4. The van der Waals surface area contributed by atoms with Crippen molar-refractivity contribution in [2.24, 2.45) is 0 Å². The van der Waals surface area contributed by atoms with Gasteiger partial charge in [0.25, 0.3) is 5.56 Å². The number of nitrogens with zero attached hydrogens (tertiary/aromatic N) is 5. The molecule has 1 N–H and O–H groups in total. The lowest BCUT2D eigenvalue weighted by atomic mass is 10.2. The van der Waals surface area contributed by atoms with E-state index < -0.39 is 0 Å². The highest BCUT2D eigenvalue weighted by atomic mass is 35.5. The van der Waals surface area contributed by atoms with Crippen LogP contribution in [0.25, 0.3) is 16.6 Å². The highest BCUT2D eigenvalue weighted by molar-refractivity contribution is 7.98. The van der Waals surface area contributed by atoms with Gasteiger partial charge < -0.3 is 9.88 Å². The number of aromatic nitrogens is 5. The zero-order chi connectivity index (χ0) is 21.4. The Morgan fingerprint density at radius 1 is 1.06 bits per heavy atom. The Hall–Kier alpha value is -2.55. The summed E-state index contributed by atoms with van der Waals surface area (Å²) in [5.41, 5.74) is 1.20. The summed E-state index contributed by atoms with van der Waals surface area (Å²) in [5, 5.41) is 11.2. The summed E-state index contributed by atoms with van der Waals surface area (Å²) in [6, 6.07) is 12.7. The number of rotatable bonds is 5. The number of nitrogens with one attached hydrogen (secondary N) is 1. The Morgan fingerprint density at radius 3 is 2.68 bits per heavy atom. The Morgan fingerprint density at radius 2 is 1.87 bits per heavy atom. The number of H-pyrrole nitrogens is 1. The van der Waals surface area contributed by atoms with Gasteiger partial charge in [-0.05, 0) is 43.2 Å². The first kappa shape index (κ1) is 20.4. The molecule has 10 heteroatoms. The van der Waals surface area contributed by atoms with E-state index in [9.17, 15) is 4.79 Å². The van der Waals surface area contributed by atoms with Crippen LogP contribution in [0.15, 0.2) is 52.4 Å². The molecule has 1 saturated heterocycles. The summed E-state index contributed by atoms with van der Waals surface area (Å²) in [6.07, 6.45) is 2.26. The Kier molecular flexibility index (Phi) is 5.60. The van der Waals surface area contributed by atoms with Gasteiger partial charge in [-0.25, -0.2) is 4.98 Å². The third-order valence-electron chi connectivity index (χ3n) is 5.15. The largest absolute Gasteiger partial charge is 0.341 e. The number of benzene rings is 2. The summed E-state index contributed by atoms with van der Waals surface area (Å²) in [5.74, 6) is 1.74. The van der Waals surface area contributed by atoms with Crippen LogP contribution in [0.1, 0.15) is 18.7 Å². The fraction of sp³-hybridized carbons (Fsp3) is 0.238. The molecule has 0 atom stereocenters. The summed E-state index contributed by atoms with van der Waals surface area (Å²) in [4.78, 5) is 22.1. The monoisotopic (exact) mass is 472 g/mol. The summed E-state index contributed by atoms with van der Waals surface area (Å²) in [7, 11) is 0. The molecule has 1 aliphatic rings. The molecule has 3 heterocycles. The van der Waals surface area contributed by atoms with Gasteiger partial charge in [-0.3, -0.25) is 9.36 Å². The summed E-state index contributed by atoms with van der Waals surface area (Å²) in [6.45, 7) is 1.88. The van der Waals surface area contributed by atoms with Gasteiger partial charge in [0.15, 0.2) is 5.16 Å². The molecule has 0 bridgehead atoms. The van der Waals surface area contributed by atoms with Crippen molar-refractivity contribution in [2.75, 3.05) is 18.0 Å². The number of anilines is 1. The van der Waals surface area contributed by atoms with E-state index in [2.05, 4.69) is 25.1 Å². The minimum atomic E-state index is -0.192. The van der Waals surface area contributed by atoms with Crippen LogP contribution in [0.4, 0.5) is 5.95 Å². The van der Waals surface area contributed by atoms with Crippen molar-refractivity contribution < 1.29 is 0 Å². The van der Waals surface area contributed by atoms with Gasteiger partial charge in [0, 0.05) is 18.1 Å². The molecule has 0 saturated carbocycles. The zero-order valence-corrected chi connectivity index (χ0v) is 18.7. The van der Waals surface area contributed by atoms with Crippen LogP contribution in [0.5, 0.6) is 0 Å². The number of fused-ring (bicyclic) bond motifs is 1. The van der Waals surface area contributed by atoms with Gasteiger partial charge in [0.2, 0.25) is 5.95 Å². The molecule has 0 radical (unpaired) electrons. The van der Waals surface area contributed by atoms with Crippen molar-refractivity contribution >= 4 is 51.8 Å². The Bertz CT molecular complexity index is 1310. The molecule has 0 spiro atoms. The lowest BCUT2D eigenvalue weighted by Crippen LogP contribution is -2.22. The van der Waals surface area contributed by atoms with E-state index in [1.54, 1.807) is 18.2 Å². The normalized spacial score (nSPS) is 13.9. The Labute approximate surface area is 192 Å². The fourth-order valence-electron chi connectivity index (χ4n) is 3.68. The molecular weight excluding hydrogens is 455 g/mol. The zero-order valence-electron chi connectivity index (χ0n) is 16.4. The van der Waals surface area contributed by atoms with Crippen molar-refractivity contribution in [3.63, 3.8) is 0 Å². The number of hydrogen-bond donors (Lipinski definition) is 1. The van der Waals surface area contributed by atoms with Gasteiger partial charge in [-0.15, -0.1) is 10.2 Å². The van der Waals surface area contributed by atoms with Crippen LogP contribution in [0, 0.1) is 0 Å². The highest BCUT2D eigenvalue weighted by Gasteiger charge is 2.23. The number of halogens is 2. The highest BCUT2D eigenvalue weighted by Crippen LogP contribution is 2.32. The van der Waals surface area contributed by atoms with Crippen LogP contribution in [-0.4, -0.2) is 37.8 Å². The molecule has 0 amide bonds. The molecule has 4 aromatic rings. The minimum absolute atomic E-state index is 0.192. The first-order chi connectivity index (χ1) is 15.1. The van der Waals surface area contributed by atoms with E-state index in [-0.39, 0.29) is 5.56 Å².